The maximum absolute atomic E-state index is 11.1. The molecule has 0 amide bonds. The molecular weight excluding hydrogens is 164 g/mol. The number of nitrogens with zero attached hydrogens (tertiary/aromatic N) is 2. The Bertz CT molecular complexity index is 471. The molecule has 2 rings (SSSR count). The Morgan fingerprint density at radius 2 is 2.23 bits per heavy atom. The van der Waals surface area contributed by atoms with Crippen LogP contribution in [0.2, 0.25) is 0 Å². The Hall–Kier alpha value is -1.64. The minimum absolute atomic E-state index is 0.0764. The van der Waals surface area contributed by atoms with Gasteiger partial charge in [-0.25, -0.2) is 4.98 Å². The standard InChI is InChI=1S/C10H10N2O/c1-7(13)8-3-4-10-9(5-8)11-6-12(10)2/h3-6H,1-2H3. The molecule has 1 heterocycles. The highest BCUT2D eigenvalue weighted by Crippen LogP contribution is 2.13. The molecule has 0 N–H and O–H groups in total. The van der Waals surface area contributed by atoms with E-state index < -0.39 is 0 Å². The Kier molecular flexibility index (Phi) is 1.65. The molecule has 0 atom stereocenters. The van der Waals surface area contributed by atoms with Crippen molar-refractivity contribution >= 4 is 16.8 Å². The van der Waals surface area contributed by atoms with E-state index in [9.17, 15) is 4.79 Å². The summed E-state index contributed by atoms with van der Waals surface area (Å²) < 4.78 is 1.93. The maximum atomic E-state index is 11.1. The van der Waals surface area contributed by atoms with E-state index in [2.05, 4.69) is 4.98 Å². The first-order chi connectivity index (χ1) is 6.18. The highest BCUT2D eigenvalue weighted by Gasteiger charge is 2.03. The summed E-state index contributed by atoms with van der Waals surface area (Å²) in [5.74, 6) is 0.0764. The van der Waals surface area contributed by atoms with Crippen molar-refractivity contribution in [2.24, 2.45) is 7.05 Å². The van der Waals surface area contributed by atoms with Crippen molar-refractivity contribution in [1.29, 1.82) is 0 Å². The van der Waals surface area contributed by atoms with Crippen molar-refractivity contribution in [2.45, 2.75) is 6.92 Å². The average Bonchev–Trinajstić information content (AvgIpc) is 2.47. The third-order valence-corrected chi connectivity index (χ3v) is 2.13. The smallest absolute Gasteiger partial charge is 0.159 e. The van der Waals surface area contributed by atoms with Gasteiger partial charge in [-0.05, 0) is 25.1 Å². The predicted molar refractivity (Wildman–Crippen MR) is 50.7 cm³/mol. The molecule has 0 aliphatic heterocycles. The summed E-state index contributed by atoms with van der Waals surface area (Å²) in [6.07, 6.45) is 1.74. The van der Waals surface area contributed by atoms with Crippen LogP contribution in [0, 0.1) is 0 Å². The first-order valence-electron chi connectivity index (χ1n) is 4.10. The average molecular weight is 174 g/mol. The van der Waals surface area contributed by atoms with Crippen molar-refractivity contribution in [3.8, 4) is 0 Å². The van der Waals surface area contributed by atoms with Crippen LogP contribution in [0.25, 0.3) is 11.0 Å². The van der Waals surface area contributed by atoms with Gasteiger partial charge in [0.15, 0.2) is 5.78 Å². The quantitative estimate of drug-likeness (QED) is 0.617. The number of rotatable bonds is 1. The first kappa shape index (κ1) is 7.98. The fourth-order valence-corrected chi connectivity index (χ4v) is 1.36. The number of carbonyl (C=O) groups excluding carboxylic acids is 1. The van der Waals surface area contributed by atoms with Gasteiger partial charge in [-0.2, -0.15) is 0 Å². The molecule has 0 aliphatic rings. The van der Waals surface area contributed by atoms with Crippen molar-refractivity contribution in [1.82, 2.24) is 9.55 Å². The lowest BCUT2D eigenvalue weighted by Crippen LogP contribution is -1.91. The molecular formula is C10H10N2O. The molecule has 13 heavy (non-hydrogen) atoms. The van der Waals surface area contributed by atoms with E-state index in [1.807, 2.05) is 29.8 Å². The van der Waals surface area contributed by atoms with E-state index in [4.69, 9.17) is 0 Å². The molecule has 2 aromatic rings. The minimum Gasteiger partial charge on any atom is -0.334 e. The van der Waals surface area contributed by atoms with Gasteiger partial charge in [0, 0.05) is 12.6 Å². The molecule has 1 aromatic carbocycles. The van der Waals surface area contributed by atoms with Gasteiger partial charge in [-0.15, -0.1) is 0 Å². The zero-order valence-electron chi connectivity index (χ0n) is 7.61. The number of carbonyl (C=O) groups is 1. The van der Waals surface area contributed by atoms with Crippen molar-refractivity contribution in [3.63, 3.8) is 0 Å². The van der Waals surface area contributed by atoms with E-state index in [0.717, 1.165) is 11.0 Å². The third kappa shape index (κ3) is 1.22. The zero-order valence-corrected chi connectivity index (χ0v) is 7.61. The minimum atomic E-state index is 0.0764. The van der Waals surface area contributed by atoms with Gasteiger partial charge < -0.3 is 4.57 Å². The highest BCUT2D eigenvalue weighted by atomic mass is 16.1. The Labute approximate surface area is 76.0 Å². The summed E-state index contributed by atoms with van der Waals surface area (Å²) in [6, 6.07) is 5.56. The molecule has 0 unspecified atom stereocenters. The van der Waals surface area contributed by atoms with Crippen LogP contribution in [0.15, 0.2) is 24.5 Å². The largest absolute Gasteiger partial charge is 0.334 e. The Morgan fingerprint density at radius 3 is 2.92 bits per heavy atom. The van der Waals surface area contributed by atoms with Gasteiger partial charge in [0.1, 0.15) is 0 Å². The lowest BCUT2D eigenvalue weighted by Gasteiger charge is -1.96. The number of imidazole rings is 1. The van der Waals surface area contributed by atoms with Crippen LogP contribution in [-0.2, 0) is 7.05 Å². The number of Topliss-reactive ketones (excluding diaryl/α,β-unsaturated/α-hetero) is 1. The van der Waals surface area contributed by atoms with E-state index in [0.29, 0.717) is 5.56 Å². The normalized spacial score (nSPS) is 10.6. The van der Waals surface area contributed by atoms with Crippen LogP contribution in [0.3, 0.4) is 0 Å². The van der Waals surface area contributed by atoms with Crippen LogP contribution in [-0.4, -0.2) is 15.3 Å². The number of aryl methyl sites for hydroxylation is 1. The SMILES string of the molecule is CC(=O)c1ccc2c(c1)ncn2C. The van der Waals surface area contributed by atoms with Gasteiger partial charge in [0.2, 0.25) is 0 Å². The van der Waals surface area contributed by atoms with Crippen molar-refractivity contribution in [3.05, 3.63) is 30.1 Å². The van der Waals surface area contributed by atoms with Gasteiger partial charge in [0.25, 0.3) is 0 Å². The summed E-state index contributed by atoms with van der Waals surface area (Å²) in [5, 5.41) is 0. The number of hydrogen-bond donors (Lipinski definition) is 0. The third-order valence-electron chi connectivity index (χ3n) is 2.13. The summed E-state index contributed by atoms with van der Waals surface area (Å²) >= 11 is 0. The van der Waals surface area contributed by atoms with Crippen molar-refractivity contribution < 1.29 is 4.79 Å². The second-order valence-corrected chi connectivity index (χ2v) is 3.12. The molecule has 0 bridgehead atoms. The Balaban J connectivity index is 2.70. The summed E-state index contributed by atoms with van der Waals surface area (Å²) in [4.78, 5) is 15.2. The molecule has 0 spiro atoms. The summed E-state index contributed by atoms with van der Waals surface area (Å²) in [6.45, 7) is 1.56. The van der Waals surface area contributed by atoms with Gasteiger partial charge >= 0.3 is 0 Å². The molecule has 0 radical (unpaired) electrons. The molecule has 1 aromatic heterocycles. The highest BCUT2D eigenvalue weighted by molar-refractivity contribution is 5.97. The van der Waals surface area contributed by atoms with Crippen LogP contribution >= 0.6 is 0 Å². The fraction of sp³-hybridized carbons (Fsp3) is 0.200. The lowest BCUT2D eigenvalue weighted by atomic mass is 10.1. The number of ketones is 1. The second kappa shape index (κ2) is 2.69. The fourth-order valence-electron chi connectivity index (χ4n) is 1.36. The van der Waals surface area contributed by atoms with Crippen LogP contribution in [0.4, 0.5) is 0 Å². The van der Waals surface area contributed by atoms with Gasteiger partial charge in [-0.1, -0.05) is 0 Å². The van der Waals surface area contributed by atoms with E-state index in [1.165, 1.54) is 0 Å². The lowest BCUT2D eigenvalue weighted by molar-refractivity contribution is 0.101. The van der Waals surface area contributed by atoms with E-state index >= 15 is 0 Å². The first-order valence-corrected chi connectivity index (χ1v) is 4.10. The number of aromatic nitrogens is 2. The number of hydrogen-bond acceptors (Lipinski definition) is 2. The van der Waals surface area contributed by atoms with Crippen LogP contribution < -0.4 is 0 Å². The summed E-state index contributed by atoms with van der Waals surface area (Å²) in [5.41, 5.74) is 2.63. The monoisotopic (exact) mass is 174 g/mol. The molecule has 3 heteroatoms. The van der Waals surface area contributed by atoms with Gasteiger partial charge in [0.05, 0.1) is 17.4 Å². The topological polar surface area (TPSA) is 34.9 Å². The molecule has 0 aliphatic carbocycles. The van der Waals surface area contributed by atoms with Crippen LogP contribution in [0.5, 0.6) is 0 Å². The second-order valence-electron chi connectivity index (χ2n) is 3.12. The van der Waals surface area contributed by atoms with Crippen molar-refractivity contribution in [2.75, 3.05) is 0 Å². The molecule has 0 saturated heterocycles. The van der Waals surface area contributed by atoms with E-state index in [-0.39, 0.29) is 5.78 Å². The molecule has 3 nitrogen and oxygen atoms in total. The number of benzene rings is 1. The van der Waals surface area contributed by atoms with Gasteiger partial charge in [-0.3, -0.25) is 4.79 Å². The maximum Gasteiger partial charge on any atom is 0.159 e. The summed E-state index contributed by atoms with van der Waals surface area (Å²) in [7, 11) is 1.93. The Morgan fingerprint density at radius 1 is 1.46 bits per heavy atom. The molecule has 66 valence electrons. The molecule has 0 saturated carbocycles. The molecule has 0 fully saturated rings. The van der Waals surface area contributed by atoms with E-state index in [1.54, 1.807) is 13.3 Å². The van der Waals surface area contributed by atoms with Crippen LogP contribution in [0.1, 0.15) is 17.3 Å². The zero-order chi connectivity index (χ0) is 9.42. The number of fused-ring (bicyclic) bond motifs is 1. The predicted octanol–water partition coefficient (Wildman–Crippen LogP) is 1.78.